The summed E-state index contributed by atoms with van der Waals surface area (Å²) < 4.78 is 1.03. The minimum absolute atomic E-state index is 0.311. The van der Waals surface area contributed by atoms with Crippen molar-refractivity contribution < 1.29 is 14.7 Å². The molecule has 5 heteroatoms. The summed E-state index contributed by atoms with van der Waals surface area (Å²) in [5.41, 5.74) is 0.778. The third kappa shape index (κ3) is 2.04. The molecule has 1 heterocycles. The van der Waals surface area contributed by atoms with Crippen LogP contribution < -0.4 is 4.90 Å². The third-order valence-electron chi connectivity index (χ3n) is 2.62. The first-order valence-corrected chi connectivity index (χ1v) is 5.97. The number of hydrogen-bond acceptors (Lipinski definition) is 2. The Labute approximate surface area is 106 Å². The van der Waals surface area contributed by atoms with Crippen LogP contribution in [-0.4, -0.2) is 23.5 Å². The lowest BCUT2D eigenvalue weighted by atomic mass is 10.1. The molecule has 0 saturated carbocycles. The van der Waals surface area contributed by atoms with E-state index >= 15 is 0 Å². The van der Waals surface area contributed by atoms with Gasteiger partial charge < -0.3 is 10.0 Å². The van der Waals surface area contributed by atoms with E-state index in [-0.39, 0.29) is 5.91 Å². The minimum atomic E-state index is -1.03. The highest BCUT2D eigenvalue weighted by Crippen LogP contribution is 2.26. The molecule has 0 bridgehead atoms. The number of aliphatic carboxylic acids is 1. The molecule has 2 rings (SSSR count). The number of nitrogens with zero attached hydrogens (tertiary/aromatic N) is 1. The molecule has 1 N–H and O–H groups in total. The summed E-state index contributed by atoms with van der Waals surface area (Å²) in [5.74, 6) is -2.22. The van der Waals surface area contributed by atoms with Crippen molar-refractivity contribution in [1.29, 1.82) is 0 Å². The van der Waals surface area contributed by atoms with E-state index < -0.39 is 11.9 Å². The smallest absolute Gasteiger partial charge is 0.316 e. The summed E-state index contributed by atoms with van der Waals surface area (Å²) in [6.07, 6.45) is 0.389. The summed E-state index contributed by atoms with van der Waals surface area (Å²) in [6, 6.07) is 7.49. The summed E-state index contributed by atoms with van der Waals surface area (Å²) >= 11 is 2.16. The number of hydrogen-bond donors (Lipinski definition) is 1. The van der Waals surface area contributed by atoms with E-state index in [9.17, 15) is 9.59 Å². The van der Waals surface area contributed by atoms with E-state index in [1.54, 1.807) is 4.90 Å². The summed E-state index contributed by atoms with van der Waals surface area (Å²) in [6.45, 7) is 0.482. The van der Waals surface area contributed by atoms with Crippen LogP contribution in [0, 0.1) is 9.49 Å². The number of carbonyl (C=O) groups excluding carboxylic acids is 1. The van der Waals surface area contributed by atoms with Crippen LogP contribution in [0.3, 0.4) is 0 Å². The Morgan fingerprint density at radius 1 is 1.50 bits per heavy atom. The van der Waals surface area contributed by atoms with Crippen molar-refractivity contribution in [2.75, 3.05) is 11.4 Å². The summed E-state index contributed by atoms with van der Waals surface area (Å²) in [7, 11) is 0. The molecule has 1 aromatic rings. The molecule has 1 aliphatic rings. The van der Waals surface area contributed by atoms with Crippen LogP contribution in [-0.2, 0) is 9.59 Å². The number of amides is 1. The van der Waals surface area contributed by atoms with Crippen molar-refractivity contribution in [3.63, 3.8) is 0 Å². The maximum atomic E-state index is 11.8. The normalized spacial score (nSPS) is 20.2. The second-order valence-electron chi connectivity index (χ2n) is 3.65. The van der Waals surface area contributed by atoms with Gasteiger partial charge in [-0.15, -0.1) is 0 Å². The molecular weight excluding hydrogens is 321 g/mol. The lowest BCUT2D eigenvalue weighted by molar-refractivity contribution is -0.144. The van der Waals surface area contributed by atoms with Crippen LogP contribution in [0.15, 0.2) is 24.3 Å². The van der Waals surface area contributed by atoms with Crippen molar-refractivity contribution >= 4 is 40.2 Å². The highest BCUT2D eigenvalue weighted by molar-refractivity contribution is 14.1. The first-order valence-electron chi connectivity index (χ1n) is 4.89. The zero-order chi connectivity index (χ0) is 11.7. The van der Waals surface area contributed by atoms with Gasteiger partial charge >= 0.3 is 5.97 Å². The Morgan fingerprint density at radius 3 is 2.81 bits per heavy atom. The average Bonchev–Trinajstić information content (AvgIpc) is 2.60. The van der Waals surface area contributed by atoms with Crippen LogP contribution in [0.2, 0.25) is 0 Å². The lowest BCUT2D eigenvalue weighted by Gasteiger charge is -2.16. The predicted octanol–water partition coefficient (Wildman–Crippen LogP) is 1.73. The van der Waals surface area contributed by atoms with Crippen molar-refractivity contribution in [1.82, 2.24) is 0 Å². The van der Waals surface area contributed by atoms with Crippen LogP contribution in [0.1, 0.15) is 6.42 Å². The quantitative estimate of drug-likeness (QED) is 0.663. The number of carboxylic acid groups (broad SMARTS) is 1. The minimum Gasteiger partial charge on any atom is -0.481 e. The third-order valence-corrected chi connectivity index (χ3v) is 3.29. The van der Waals surface area contributed by atoms with Gasteiger partial charge in [0.15, 0.2) is 0 Å². The fourth-order valence-electron chi connectivity index (χ4n) is 1.81. The Morgan fingerprint density at radius 2 is 2.25 bits per heavy atom. The number of rotatable bonds is 2. The molecule has 0 aromatic heterocycles. The Kier molecular flexibility index (Phi) is 3.13. The van der Waals surface area contributed by atoms with E-state index in [2.05, 4.69) is 22.6 Å². The first kappa shape index (κ1) is 11.4. The zero-order valence-corrected chi connectivity index (χ0v) is 10.5. The fourth-order valence-corrected chi connectivity index (χ4v) is 2.34. The molecule has 0 radical (unpaired) electrons. The number of benzene rings is 1. The molecular formula is C11H10INO3. The van der Waals surface area contributed by atoms with Crippen molar-refractivity contribution in [3.05, 3.63) is 27.8 Å². The van der Waals surface area contributed by atoms with Crippen LogP contribution in [0.4, 0.5) is 5.69 Å². The lowest BCUT2D eigenvalue weighted by Crippen LogP contribution is -2.30. The molecule has 1 atom stereocenters. The monoisotopic (exact) mass is 331 g/mol. The molecule has 1 fully saturated rings. The van der Waals surface area contributed by atoms with Gasteiger partial charge in [-0.2, -0.15) is 0 Å². The molecule has 1 saturated heterocycles. The molecule has 0 spiro atoms. The predicted molar refractivity (Wildman–Crippen MR) is 67.3 cm³/mol. The highest BCUT2D eigenvalue weighted by atomic mass is 127. The molecule has 84 valence electrons. The van der Waals surface area contributed by atoms with Gasteiger partial charge in [0.1, 0.15) is 5.92 Å². The molecule has 1 amide bonds. The van der Waals surface area contributed by atoms with Gasteiger partial charge in [-0.05, 0) is 47.2 Å². The molecule has 1 aliphatic heterocycles. The van der Waals surface area contributed by atoms with Gasteiger partial charge in [-0.3, -0.25) is 9.59 Å². The maximum Gasteiger partial charge on any atom is 0.316 e. The zero-order valence-electron chi connectivity index (χ0n) is 8.39. The van der Waals surface area contributed by atoms with Gasteiger partial charge in [0.05, 0.1) is 0 Å². The largest absolute Gasteiger partial charge is 0.481 e. The van der Waals surface area contributed by atoms with Crippen LogP contribution >= 0.6 is 22.6 Å². The van der Waals surface area contributed by atoms with E-state index in [1.165, 1.54) is 0 Å². The van der Waals surface area contributed by atoms with Gasteiger partial charge in [0.25, 0.3) is 0 Å². The second-order valence-corrected chi connectivity index (χ2v) is 4.89. The molecule has 16 heavy (non-hydrogen) atoms. The van der Waals surface area contributed by atoms with Crippen LogP contribution in [0.5, 0.6) is 0 Å². The summed E-state index contributed by atoms with van der Waals surface area (Å²) in [5, 5.41) is 8.85. The van der Waals surface area contributed by atoms with E-state index in [4.69, 9.17) is 5.11 Å². The highest BCUT2D eigenvalue weighted by Gasteiger charge is 2.37. The van der Waals surface area contributed by atoms with Crippen LogP contribution in [0.25, 0.3) is 0 Å². The molecule has 1 unspecified atom stereocenters. The Balaban J connectivity index is 2.25. The average molecular weight is 331 g/mol. The number of carboxylic acids is 1. The van der Waals surface area contributed by atoms with Crippen molar-refractivity contribution in [2.45, 2.75) is 6.42 Å². The number of anilines is 1. The van der Waals surface area contributed by atoms with E-state index in [0.717, 1.165) is 9.26 Å². The first-order chi connectivity index (χ1) is 7.59. The van der Waals surface area contributed by atoms with E-state index in [1.807, 2.05) is 24.3 Å². The Hall–Kier alpha value is -1.11. The van der Waals surface area contributed by atoms with Gasteiger partial charge in [0.2, 0.25) is 5.91 Å². The van der Waals surface area contributed by atoms with Crippen molar-refractivity contribution in [3.8, 4) is 0 Å². The molecule has 1 aromatic carbocycles. The van der Waals surface area contributed by atoms with Gasteiger partial charge in [-0.1, -0.05) is 6.07 Å². The standard InChI is InChI=1S/C11H10INO3/c12-7-2-1-3-8(6-7)13-5-4-9(10(13)14)11(15)16/h1-3,6,9H,4-5H2,(H,15,16). The maximum absolute atomic E-state index is 11.8. The van der Waals surface area contributed by atoms with Crippen molar-refractivity contribution in [2.24, 2.45) is 5.92 Å². The van der Waals surface area contributed by atoms with Gasteiger partial charge in [0, 0.05) is 15.8 Å². The number of halogens is 1. The van der Waals surface area contributed by atoms with E-state index in [0.29, 0.717) is 13.0 Å². The molecule has 0 aliphatic carbocycles. The van der Waals surface area contributed by atoms with Gasteiger partial charge in [-0.25, -0.2) is 0 Å². The second kappa shape index (κ2) is 4.40. The SMILES string of the molecule is O=C(O)C1CCN(c2cccc(I)c2)C1=O. The topological polar surface area (TPSA) is 57.6 Å². The fraction of sp³-hybridized carbons (Fsp3) is 0.273. The Bertz CT molecular complexity index is 447. The number of carbonyl (C=O) groups is 2. The molecule has 4 nitrogen and oxygen atoms in total. The summed E-state index contributed by atoms with van der Waals surface area (Å²) in [4.78, 5) is 24.2.